The largest absolute Gasteiger partial charge is 0.379 e. The van der Waals surface area contributed by atoms with Crippen LogP contribution in [0.3, 0.4) is 0 Å². The summed E-state index contributed by atoms with van der Waals surface area (Å²) in [7, 11) is 0. The zero-order valence-corrected chi connectivity index (χ0v) is 12.2. The van der Waals surface area contributed by atoms with Crippen LogP contribution in [0, 0.1) is 13.8 Å². The first kappa shape index (κ1) is 14.1. The van der Waals surface area contributed by atoms with E-state index in [0.29, 0.717) is 5.17 Å². The highest BCUT2D eigenvalue weighted by molar-refractivity contribution is 8.13. The molecule has 0 heterocycles. The lowest BCUT2D eigenvalue weighted by Crippen LogP contribution is -2.17. The Hall–Kier alpha value is -0.960. The van der Waals surface area contributed by atoms with Gasteiger partial charge in [-0.1, -0.05) is 35.5 Å². The van der Waals surface area contributed by atoms with E-state index in [0.717, 1.165) is 5.75 Å². The van der Waals surface area contributed by atoms with Crippen LogP contribution in [0.1, 0.15) is 37.5 Å². The van der Waals surface area contributed by atoms with Gasteiger partial charge in [0.05, 0.1) is 5.54 Å². The van der Waals surface area contributed by atoms with Crippen molar-refractivity contribution in [3.05, 3.63) is 34.9 Å². The van der Waals surface area contributed by atoms with E-state index in [-0.39, 0.29) is 5.54 Å². The molecule has 3 heteroatoms. The maximum absolute atomic E-state index is 5.91. The third-order valence-corrected chi connectivity index (χ3v) is 3.17. The van der Waals surface area contributed by atoms with Gasteiger partial charge < -0.3 is 5.73 Å². The fraction of sp³-hybridized carbons (Fsp3) is 0.500. The maximum atomic E-state index is 5.91. The fourth-order valence-electron chi connectivity index (χ4n) is 1.47. The van der Waals surface area contributed by atoms with E-state index < -0.39 is 0 Å². The van der Waals surface area contributed by atoms with E-state index in [4.69, 9.17) is 5.73 Å². The van der Waals surface area contributed by atoms with Crippen LogP contribution in [0.5, 0.6) is 0 Å². The summed E-state index contributed by atoms with van der Waals surface area (Å²) < 4.78 is 0. The molecule has 0 fully saturated rings. The Bertz CT molecular complexity index is 417. The van der Waals surface area contributed by atoms with Crippen LogP contribution in [0.15, 0.2) is 23.2 Å². The molecule has 1 aromatic rings. The third-order valence-electron chi connectivity index (χ3n) is 2.33. The molecule has 0 radical (unpaired) electrons. The van der Waals surface area contributed by atoms with Crippen LogP contribution in [0.25, 0.3) is 0 Å². The van der Waals surface area contributed by atoms with Gasteiger partial charge >= 0.3 is 0 Å². The van der Waals surface area contributed by atoms with E-state index in [1.165, 1.54) is 16.7 Å². The highest BCUT2D eigenvalue weighted by Crippen LogP contribution is 2.19. The second-order valence-corrected chi connectivity index (χ2v) is 6.34. The van der Waals surface area contributed by atoms with Crippen molar-refractivity contribution in [2.45, 2.75) is 45.9 Å². The molecule has 17 heavy (non-hydrogen) atoms. The van der Waals surface area contributed by atoms with E-state index in [1.807, 2.05) is 0 Å². The Kier molecular flexibility index (Phi) is 4.63. The second-order valence-electron chi connectivity index (χ2n) is 5.34. The average Bonchev–Trinajstić information content (AvgIpc) is 2.17. The van der Waals surface area contributed by atoms with E-state index >= 15 is 0 Å². The first-order valence-electron chi connectivity index (χ1n) is 5.82. The van der Waals surface area contributed by atoms with E-state index in [2.05, 4.69) is 57.8 Å². The molecule has 1 aromatic carbocycles. The topological polar surface area (TPSA) is 38.4 Å². The molecule has 0 atom stereocenters. The predicted molar refractivity (Wildman–Crippen MR) is 78.6 cm³/mol. The summed E-state index contributed by atoms with van der Waals surface area (Å²) >= 11 is 1.61. The number of hydrogen-bond acceptors (Lipinski definition) is 2. The Labute approximate surface area is 109 Å². The lowest BCUT2D eigenvalue weighted by atomic mass is 10.1. The minimum absolute atomic E-state index is 0.0985. The summed E-state index contributed by atoms with van der Waals surface area (Å²) in [5, 5.41) is 0.665. The quantitative estimate of drug-likeness (QED) is 0.642. The minimum atomic E-state index is -0.0985. The van der Waals surface area contributed by atoms with Gasteiger partial charge in [-0.3, -0.25) is 4.99 Å². The van der Waals surface area contributed by atoms with Crippen molar-refractivity contribution in [2.24, 2.45) is 10.7 Å². The lowest BCUT2D eigenvalue weighted by Gasteiger charge is -2.13. The normalized spacial score (nSPS) is 12.9. The summed E-state index contributed by atoms with van der Waals surface area (Å²) in [5.41, 5.74) is 9.75. The molecule has 0 amide bonds. The highest BCUT2D eigenvalue weighted by Gasteiger charge is 2.09. The van der Waals surface area contributed by atoms with Crippen LogP contribution in [-0.2, 0) is 5.75 Å². The Morgan fingerprint density at radius 2 is 1.94 bits per heavy atom. The zero-order valence-electron chi connectivity index (χ0n) is 11.4. The molecule has 1 rings (SSSR count). The number of nitrogens with two attached hydrogens (primary N) is 1. The van der Waals surface area contributed by atoms with Gasteiger partial charge in [0.25, 0.3) is 0 Å². The molecule has 0 bridgehead atoms. The molecule has 2 N–H and O–H groups in total. The van der Waals surface area contributed by atoms with Crippen LogP contribution in [0.2, 0.25) is 0 Å². The minimum Gasteiger partial charge on any atom is -0.379 e. The van der Waals surface area contributed by atoms with Crippen molar-refractivity contribution in [1.29, 1.82) is 0 Å². The van der Waals surface area contributed by atoms with Gasteiger partial charge in [-0.25, -0.2) is 0 Å². The van der Waals surface area contributed by atoms with Gasteiger partial charge in [-0.2, -0.15) is 0 Å². The van der Waals surface area contributed by atoms with Crippen molar-refractivity contribution >= 4 is 16.9 Å². The monoisotopic (exact) mass is 250 g/mol. The zero-order chi connectivity index (χ0) is 13.1. The molecule has 0 aliphatic carbocycles. The fourth-order valence-corrected chi connectivity index (χ4v) is 2.42. The van der Waals surface area contributed by atoms with Crippen molar-refractivity contribution in [2.75, 3.05) is 0 Å². The molecule has 0 aliphatic rings. The first-order valence-corrected chi connectivity index (χ1v) is 6.81. The molecular weight excluding hydrogens is 228 g/mol. The molecule has 2 nitrogen and oxygen atoms in total. The number of hydrogen-bond donors (Lipinski definition) is 1. The molecule has 0 unspecified atom stereocenters. The summed E-state index contributed by atoms with van der Waals surface area (Å²) in [4.78, 5) is 4.43. The number of amidine groups is 1. The van der Waals surface area contributed by atoms with Crippen molar-refractivity contribution in [3.8, 4) is 0 Å². The van der Waals surface area contributed by atoms with Crippen molar-refractivity contribution < 1.29 is 0 Å². The van der Waals surface area contributed by atoms with E-state index in [9.17, 15) is 0 Å². The highest BCUT2D eigenvalue weighted by atomic mass is 32.2. The van der Waals surface area contributed by atoms with Gasteiger partial charge in [-0.05, 0) is 45.7 Å². The van der Waals surface area contributed by atoms with Crippen LogP contribution < -0.4 is 5.73 Å². The summed E-state index contributed by atoms with van der Waals surface area (Å²) in [5.74, 6) is 0.888. The van der Waals surface area contributed by atoms with Gasteiger partial charge in [0.15, 0.2) is 5.17 Å². The lowest BCUT2D eigenvalue weighted by molar-refractivity contribution is 0.585. The summed E-state index contributed by atoms with van der Waals surface area (Å²) in [6.07, 6.45) is 0. The molecule has 0 saturated heterocycles. The van der Waals surface area contributed by atoms with Crippen molar-refractivity contribution in [3.63, 3.8) is 0 Å². The number of thioether (sulfide) groups is 1. The second kappa shape index (κ2) is 5.58. The summed E-state index contributed by atoms with van der Waals surface area (Å²) in [6, 6.07) is 6.51. The van der Waals surface area contributed by atoms with E-state index in [1.54, 1.807) is 11.8 Å². The Morgan fingerprint density at radius 1 is 1.29 bits per heavy atom. The Morgan fingerprint density at radius 3 is 2.53 bits per heavy atom. The van der Waals surface area contributed by atoms with Gasteiger partial charge in [-0.15, -0.1) is 0 Å². The van der Waals surface area contributed by atoms with Crippen LogP contribution in [-0.4, -0.2) is 10.7 Å². The van der Waals surface area contributed by atoms with Crippen LogP contribution >= 0.6 is 11.8 Å². The summed E-state index contributed by atoms with van der Waals surface area (Å²) in [6.45, 7) is 10.4. The molecular formula is C14H22N2S. The number of rotatable bonds is 2. The number of nitrogens with zero attached hydrogens (tertiary/aromatic N) is 1. The average molecular weight is 250 g/mol. The molecule has 94 valence electrons. The number of aryl methyl sites for hydroxylation is 2. The maximum Gasteiger partial charge on any atom is 0.154 e. The molecule has 0 spiro atoms. The standard InChI is InChI=1S/C14H22N2S/c1-10-6-7-11(2)12(8-10)9-17-13(15)16-14(3,4)5/h6-8H,9H2,1-5H3,(H2,15,16). The van der Waals surface area contributed by atoms with Gasteiger partial charge in [0, 0.05) is 5.75 Å². The Balaban J connectivity index is 2.68. The number of aliphatic imine (C=N–C) groups is 1. The predicted octanol–water partition coefficient (Wildman–Crippen LogP) is 3.65. The van der Waals surface area contributed by atoms with Crippen molar-refractivity contribution in [1.82, 2.24) is 0 Å². The molecule has 0 aliphatic heterocycles. The van der Waals surface area contributed by atoms with Gasteiger partial charge in [0.2, 0.25) is 0 Å². The van der Waals surface area contributed by atoms with Gasteiger partial charge in [0.1, 0.15) is 0 Å². The third kappa shape index (κ3) is 5.26. The first-order chi connectivity index (χ1) is 7.78. The molecule has 0 aromatic heterocycles. The van der Waals surface area contributed by atoms with Crippen LogP contribution in [0.4, 0.5) is 0 Å². The SMILES string of the molecule is Cc1ccc(C)c(CSC(N)=NC(C)(C)C)c1. The number of benzene rings is 1. The molecule has 0 saturated carbocycles. The smallest absolute Gasteiger partial charge is 0.154 e.